The lowest BCUT2D eigenvalue weighted by molar-refractivity contribution is 0.181. The fourth-order valence-electron chi connectivity index (χ4n) is 4.13. The van der Waals surface area contributed by atoms with Crippen molar-refractivity contribution in [2.75, 3.05) is 13.1 Å². The Morgan fingerprint density at radius 3 is 2.50 bits per heavy atom. The first-order valence-electron chi connectivity index (χ1n) is 8.30. The Kier molecular flexibility index (Phi) is 4.42. The highest BCUT2D eigenvalue weighted by Gasteiger charge is 2.33. The maximum absolute atomic E-state index is 6.44. The molecule has 110 valence electrons. The van der Waals surface area contributed by atoms with E-state index in [0.29, 0.717) is 0 Å². The molecule has 0 spiro atoms. The summed E-state index contributed by atoms with van der Waals surface area (Å²) in [6, 6.07) is 9.72. The SMILES string of the molecule is Cc1ccc(C(N)CN2CCCC2C2CCCC2)cc1. The lowest BCUT2D eigenvalue weighted by Gasteiger charge is -2.31. The molecule has 2 nitrogen and oxygen atoms in total. The van der Waals surface area contributed by atoms with Crippen LogP contribution in [0, 0.1) is 12.8 Å². The van der Waals surface area contributed by atoms with Gasteiger partial charge >= 0.3 is 0 Å². The van der Waals surface area contributed by atoms with Crippen molar-refractivity contribution in [1.29, 1.82) is 0 Å². The first-order valence-corrected chi connectivity index (χ1v) is 8.30. The molecule has 2 heteroatoms. The predicted molar refractivity (Wildman–Crippen MR) is 84.7 cm³/mol. The summed E-state index contributed by atoms with van der Waals surface area (Å²) >= 11 is 0. The largest absolute Gasteiger partial charge is 0.323 e. The molecule has 2 N–H and O–H groups in total. The van der Waals surface area contributed by atoms with Crippen LogP contribution in [0.1, 0.15) is 55.7 Å². The quantitative estimate of drug-likeness (QED) is 0.906. The van der Waals surface area contributed by atoms with Crippen LogP contribution in [0.2, 0.25) is 0 Å². The minimum Gasteiger partial charge on any atom is -0.323 e. The molecule has 0 radical (unpaired) electrons. The second-order valence-electron chi connectivity index (χ2n) is 6.77. The van der Waals surface area contributed by atoms with Gasteiger partial charge in [0.1, 0.15) is 0 Å². The number of hydrogen-bond acceptors (Lipinski definition) is 2. The van der Waals surface area contributed by atoms with Crippen molar-refractivity contribution >= 4 is 0 Å². The van der Waals surface area contributed by atoms with Crippen molar-refractivity contribution in [2.24, 2.45) is 11.7 Å². The molecule has 2 fully saturated rings. The van der Waals surface area contributed by atoms with Gasteiger partial charge in [-0.1, -0.05) is 42.7 Å². The molecule has 2 atom stereocenters. The molecule has 1 aliphatic carbocycles. The van der Waals surface area contributed by atoms with Crippen molar-refractivity contribution in [3.8, 4) is 0 Å². The third-order valence-corrected chi connectivity index (χ3v) is 5.29. The first kappa shape index (κ1) is 14.1. The normalized spacial score (nSPS) is 26.2. The van der Waals surface area contributed by atoms with Crippen molar-refractivity contribution < 1.29 is 0 Å². The Morgan fingerprint density at radius 1 is 1.10 bits per heavy atom. The summed E-state index contributed by atoms with van der Waals surface area (Å²) < 4.78 is 0. The summed E-state index contributed by atoms with van der Waals surface area (Å²) in [5.74, 6) is 0.947. The molecular weight excluding hydrogens is 244 g/mol. The highest BCUT2D eigenvalue weighted by molar-refractivity contribution is 5.24. The van der Waals surface area contributed by atoms with Gasteiger partial charge < -0.3 is 5.73 Å². The average molecular weight is 272 g/mol. The van der Waals surface area contributed by atoms with Gasteiger partial charge in [0, 0.05) is 18.6 Å². The Balaban J connectivity index is 1.62. The van der Waals surface area contributed by atoms with E-state index in [1.54, 1.807) is 0 Å². The van der Waals surface area contributed by atoms with E-state index in [0.717, 1.165) is 18.5 Å². The van der Waals surface area contributed by atoms with Gasteiger partial charge in [0.15, 0.2) is 0 Å². The lowest BCUT2D eigenvalue weighted by Crippen LogP contribution is -2.39. The standard InChI is InChI=1S/C18H28N2/c1-14-8-10-15(11-9-14)17(19)13-20-12-4-7-18(20)16-5-2-3-6-16/h8-11,16-18H,2-7,12-13,19H2,1H3. The monoisotopic (exact) mass is 272 g/mol. The highest BCUT2D eigenvalue weighted by Crippen LogP contribution is 2.35. The van der Waals surface area contributed by atoms with E-state index in [-0.39, 0.29) is 6.04 Å². The second kappa shape index (κ2) is 6.28. The van der Waals surface area contributed by atoms with Gasteiger partial charge in [-0.2, -0.15) is 0 Å². The zero-order valence-electron chi connectivity index (χ0n) is 12.7. The van der Waals surface area contributed by atoms with E-state index in [9.17, 15) is 0 Å². The van der Waals surface area contributed by atoms with Gasteiger partial charge in [-0.15, -0.1) is 0 Å². The van der Waals surface area contributed by atoms with Crippen molar-refractivity contribution in [1.82, 2.24) is 4.90 Å². The molecule has 3 rings (SSSR count). The van der Waals surface area contributed by atoms with Crippen molar-refractivity contribution in [3.63, 3.8) is 0 Å². The fraction of sp³-hybridized carbons (Fsp3) is 0.667. The van der Waals surface area contributed by atoms with E-state index in [2.05, 4.69) is 36.1 Å². The molecular formula is C18H28N2. The summed E-state index contributed by atoms with van der Waals surface area (Å²) in [6.07, 6.45) is 8.53. The second-order valence-corrected chi connectivity index (χ2v) is 6.77. The van der Waals surface area contributed by atoms with E-state index in [4.69, 9.17) is 5.73 Å². The summed E-state index contributed by atoms with van der Waals surface area (Å²) in [7, 11) is 0. The molecule has 1 aliphatic heterocycles. The van der Waals surface area contributed by atoms with Gasteiger partial charge in [-0.05, 0) is 50.6 Å². The van der Waals surface area contributed by atoms with Gasteiger partial charge in [-0.3, -0.25) is 4.90 Å². The minimum absolute atomic E-state index is 0.164. The van der Waals surface area contributed by atoms with Crippen LogP contribution >= 0.6 is 0 Å². The predicted octanol–water partition coefficient (Wildman–Crippen LogP) is 3.65. The number of hydrogen-bond donors (Lipinski definition) is 1. The van der Waals surface area contributed by atoms with Crippen LogP contribution in [0.4, 0.5) is 0 Å². The molecule has 20 heavy (non-hydrogen) atoms. The molecule has 1 aromatic carbocycles. The maximum atomic E-state index is 6.44. The Bertz CT molecular complexity index is 420. The van der Waals surface area contributed by atoms with Crippen molar-refractivity contribution in [2.45, 2.75) is 57.5 Å². The Morgan fingerprint density at radius 2 is 1.80 bits per heavy atom. The molecule has 1 heterocycles. The van der Waals surface area contributed by atoms with Crippen LogP contribution in [0.5, 0.6) is 0 Å². The molecule has 2 unspecified atom stereocenters. The zero-order valence-corrected chi connectivity index (χ0v) is 12.7. The topological polar surface area (TPSA) is 29.3 Å². The number of likely N-dealkylation sites (tertiary alicyclic amines) is 1. The molecule has 1 aromatic rings. The van der Waals surface area contributed by atoms with Crippen LogP contribution in [-0.2, 0) is 0 Å². The molecule has 1 saturated carbocycles. The molecule has 0 bridgehead atoms. The van der Waals surface area contributed by atoms with E-state index < -0.39 is 0 Å². The Hall–Kier alpha value is -0.860. The summed E-state index contributed by atoms with van der Waals surface area (Å²) in [5, 5.41) is 0. The summed E-state index contributed by atoms with van der Waals surface area (Å²) in [4.78, 5) is 2.68. The van der Waals surface area contributed by atoms with Gasteiger partial charge in [0.05, 0.1) is 0 Å². The van der Waals surface area contributed by atoms with E-state index in [1.807, 2.05) is 0 Å². The number of benzene rings is 1. The zero-order chi connectivity index (χ0) is 13.9. The van der Waals surface area contributed by atoms with Crippen LogP contribution in [0.25, 0.3) is 0 Å². The minimum atomic E-state index is 0.164. The van der Waals surface area contributed by atoms with Crippen LogP contribution < -0.4 is 5.73 Å². The van der Waals surface area contributed by atoms with Gasteiger partial charge in [0.2, 0.25) is 0 Å². The fourth-order valence-corrected chi connectivity index (χ4v) is 4.13. The Labute approximate surface area is 123 Å². The number of nitrogens with zero attached hydrogens (tertiary/aromatic N) is 1. The average Bonchev–Trinajstić information content (AvgIpc) is 3.09. The first-order chi connectivity index (χ1) is 9.74. The van der Waals surface area contributed by atoms with Crippen molar-refractivity contribution in [3.05, 3.63) is 35.4 Å². The molecule has 1 saturated heterocycles. The number of nitrogens with two attached hydrogens (primary N) is 1. The smallest absolute Gasteiger partial charge is 0.0424 e. The lowest BCUT2D eigenvalue weighted by atomic mass is 9.95. The third-order valence-electron chi connectivity index (χ3n) is 5.29. The highest BCUT2D eigenvalue weighted by atomic mass is 15.2. The van der Waals surface area contributed by atoms with Gasteiger partial charge in [0.25, 0.3) is 0 Å². The van der Waals surface area contributed by atoms with Crippen LogP contribution in [-0.4, -0.2) is 24.0 Å². The summed E-state index contributed by atoms with van der Waals surface area (Å²) in [6.45, 7) is 4.41. The molecule has 0 aromatic heterocycles. The van der Waals surface area contributed by atoms with E-state index >= 15 is 0 Å². The molecule has 0 amide bonds. The number of rotatable bonds is 4. The van der Waals surface area contributed by atoms with Crippen LogP contribution in [0.3, 0.4) is 0 Å². The molecule has 2 aliphatic rings. The van der Waals surface area contributed by atoms with Gasteiger partial charge in [-0.25, -0.2) is 0 Å². The third kappa shape index (κ3) is 3.07. The summed E-state index contributed by atoms with van der Waals surface area (Å²) in [5.41, 5.74) is 9.04. The number of aryl methyl sites for hydroxylation is 1. The van der Waals surface area contributed by atoms with Crippen LogP contribution in [0.15, 0.2) is 24.3 Å². The van der Waals surface area contributed by atoms with E-state index in [1.165, 1.54) is 56.2 Å². The maximum Gasteiger partial charge on any atom is 0.0424 e.